The molecule has 10 nitrogen and oxygen atoms in total. The van der Waals surface area contributed by atoms with E-state index in [1.807, 2.05) is 18.7 Å². The van der Waals surface area contributed by atoms with Gasteiger partial charge >= 0.3 is 0 Å². The van der Waals surface area contributed by atoms with Gasteiger partial charge in [0.25, 0.3) is 11.8 Å². The maximum absolute atomic E-state index is 13.3. The molecule has 1 aromatic carbocycles. The van der Waals surface area contributed by atoms with E-state index in [-0.39, 0.29) is 17.7 Å². The van der Waals surface area contributed by atoms with E-state index in [0.29, 0.717) is 61.2 Å². The number of methoxy groups -OCH3 is 3. The summed E-state index contributed by atoms with van der Waals surface area (Å²) >= 11 is 0. The summed E-state index contributed by atoms with van der Waals surface area (Å²) in [6.45, 7) is 6.99. The minimum Gasteiger partial charge on any atom is -0.493 e. The average Bonchev–Trinajstić information content (AvgIpc) is 3.31. The average molecular weight is 460 g/mol. The van der Waals surface area contributed by atoms with E-state index in [4.69, 9.17) is 14.2 Å². The van der Waals surface area contributed by atoms with Crippen molar-refractivity contribution in [1.82, 2.24) is 24.8 Å². The van der Waals surface area contributed by atoms with Gasteiger partial charge in [0, 0.05) is 38.3 Å². The molecule has 1 saturated heterocycles. The molecule has 1 fully saturated rings. The van der Waals surface area contributed by atoms with Crippen molar-refractivity contribution in [1.29, 1.82) is 0 Å². The number of amides is 2. The molecule has 2 aromatic rings. The van der Waals surface area contributed by atoms with Gasteiger partial charge < -0.3 is 24.0 Å². The van der Waals surface area contributed by atoms with E-state index in [1.165, 1.54) is 21.3 Å². The Morgan fingerprint density at radius 2 is 1.76 bits per heavy atom. The number of hydrogen-bond acceptors (Lipinski definition) is 7. The highest BCUT2D eigenvalue weighted by Gasteiger charge is 2.27. The standard InChI is InChI=1S/C23H33N5O5/c1-6-26(7-2)23(30)18-15-28(25-24-18)14-16-9-8-10-27(13-16)22(29)17-11-19(31-3)21(33-5)20(12-17)32-4/h11-12,15-16H,6-10,13-14H2,1-5H3/t16-/m0/s1. The zero-order valence-corrected chi connectivity index (χ0v) is 20.0. The lowest BCUT2D eigenvalue weighted by atomic mass is 9.97. The second-order valence-electron chi connectivity index (χ2n) is 7.98. The van der Waals surface area contributed by atoms with Gasteiger partial charge in [0.2, 0.25) is 5.75 Å². The van der Waals surface area contributed by atoms with Crippen LogP contribution >= 0.6 is 0 Å². The molecule has 2 amide bonds. The first-order valence-corrected chi connectivity index (χ1v) is 11.2. The Hall–Kier alpha value is -3.30. The fourth-order valence-corrected chi connectivity index (χ4v) is 4.21. The van der Waals surface area contributed by atoms with E-state index < -0.39 is 0 Å². The lowest BCUT2D eigenvalue weighted by molar-refractivity contribution is 0.0658. The number of aromatic nitrogens is 3. The summed E-state index contributed by atoms with van der Waals surface area (Å²) in [6.07, 6.45) is 3.56. The SMILES string of the molecule is CCN(CC)C(=O)c1cn(C[C@H]2CCCN(C(=O)c3cc(OC)c(OC)c(OC)c3)C2)nn1. The predicted octanol–water partition coefficient (Wildman–Crippen LogP) is 2.34. The Morgan fingerprint density at radius 3 is 2.33 bits per heavy atom. The summed E-state index contributed by atoms with van der Waals surface area (Å²) in [5.41, 5.74) is 0.831. The normalized spacial score (nSPS) is 15.8. The van der Waals surface area contributed by atoms with Crippen molar-refractivity contribution in [2.24, 2.45) is 5.92 Å². The number of ether oxygens (including phenoxy) is 3. The molecule has 1 aliphatic rings. The van der Waals surface area contributed by atoms with E-state index in [2.05, 4.69) is 10.3 Å². The smallest absolute Gasteiger partial charge is 0.276 e. The van der Waals surface area contributed by atoms with Gasteiger partial charge in [-0.2, -0.15) is 0 Å². The van der Waals surface area contributed by atoms with Crippen molar-refractivity contribution in [3.05, 3.63) is 29.6 Å². The number of hydrogen-bond donors (Lipinski definition) is 0. The predicted molar refractivity (Wildman–Crippen MR) is 122 cm³/mol. The Labute approximate surface area is 194 Å². The second kappa shape index (κ2) is 11.0. The third kappa shape index (κ3) is 5.37. The van der Waals surface area contributed by atoms with Crippen LogP contribution in [-0.2, 0) is 6.54 Å². The number of benzene rings is 1. The minimum atomic E-state index is -0.117. The van der Waals surface area contributed by atoms with Crippen molar-refractivity contribution in [2.75, 3.05) is 47.5 Å². The van der Waals surface area contributed by atoms with E-state index >= 15 is 0 Å². The Kier molecular flexibility index (Phi) is 8.13. The summed E-state index contributed by atoms with van der Waals surface area (Å²) in [6, 6.07) is 3.35. The molecule has 3 rings (SSSR count). The molecule has 180 valence electrons. The highest BCUT2D eigenvalue weighted by Crippen LogP contribution is 2.38. The summed E-state index contributed by atoms with van der Waals surface area (Å²) in [5, 5.41) is 8.20. The first-order chi connectivity index (χ1) is 15.9. The second-order valence-corrected chi connectivity index (χ2v) is 7.98. The molecule has 1 atom stereocenters. The summed E-state index contributed by atoms with van der Waals surface area (Å²) in [7, 11) is 4.59. The quantitative estimate of drug-likeness (QED) is 0.567. The molecule has 0 aliphatic carbocycles. The third-order valence-corrected chi connectivity index (χ3v) is 5.97. The maximum atomic E-state index is 13.3. The highest BCUT2D eigenvalue weighted by atomic mass is 16.5. The van der Waals surface area contributed by atoms with Crippen LogP contribution in [0.2, 0.25) is 0 Å². The number of rotatable bonds is 9. The number of likely N-dealkylation sites (tertiary alicyclic amines) is 1. The number of carbonyl (C=O) groups excluding carboxylic acids is 2. The van der Waals surface area contributed by atoms with Gasteiger partial charge in [-0.15, -0.1) is 5.10 Å². The third-order valence-electron chi connectivity index (χ3n) is 5.97. The molecule has 0 unspecified atom stereocenters. The van der Waals surface area contributed by atoms with Crippen LogP contribution in [0.25, 0.3) is 0 Å². The van der Waals surface area contributed by atoms with Crippen molar-refractivity contribution in [2.45, 2.75) is 33.2 Å². The van der Waals surface area contributed by atoms with Crippen LogP contribution in [0.4, 0.5) is 0 Å². The lowest BCUT2D eigenvalue weighted by Gasteiger charge is -2.33. The molecule has 0 radical (unpaired) electrons. The van der Waals surface area contributed by atoms with Gasteiger partial charge in [0.05, 0.1) is 27.5 Å². The molecular weight excluding hydrogens is 426 g/mol. The molecule has 2 heterocycles. The van der Waals surface area contributed by atoms with E-state index in [9.17, 15) is 9.59 Å². The molecule has 1 aromatic heterocycles. The Morgan fingerprint density at radius 1 is 1.09 bits per heavy atom. The zero-order valence-electron chi connectivity index (χ0n) is 20.0. The zero-order chi connectivity index (χ0) is 24.0. The summed E-state index contributed by atoms with van der Waals surface area (Å²) < 4.78 is 17.8. The fraction of sp³-hybridized carbons (Fsp3) is 0.565. The first kappa shape index (κ1) is 24.3. The van der Waals surface area contributed by atoms with Crippen LogP contribution in [0.5, 0.6) is 17.2 Å². The van der Waals surface area contributed by atoms with E-state index in [0.717, 1.165) is 12.8 Å². The van der Waals surface area contributed by atoms with Crippen LogP contribution in [-0.4, -0.2) is 84.1 Å². The molecule has 10 heteroatoms. The number of nitrogens with zero attached hydrogens (tertiary/aromatic N) is 5. The van der Waals surface area contributed by atoms with Crippen LogP contribution in [0.15, 0.2) is 18.3 Å². The van der Waals surface area contributed by atoms with Gasteiger partial charge in [-0.3, -0.25) is 14.3 Å². The summed E-state index contributed by atoms with van der Waals surface area (Å²) in [5.74, 6) is 1.35. The Bertz CT molecular complexity index is 947. The van der Waals surface area contributed by atoms with Gasteiger partial charge in [0.15, 0.2) is 17.2 Å². The molecule has 0 N–H and O–H groups in total. The van der Waals surface area contributed by atoms with Crippen LogP contribution in [0.1, 0.15) is 47.5 Å². The first-order valence-electron chi connectivity index (χ1n) is 11.2. The summed E-state index contributed by atoms with van der Waals surface area (Å²) in [4.78, 5) is 29.3. The molecule has 33 heavy (non-hydrogen) atoms. The van der Waals surface area contributed by atoms with Gasteiger partial charge in [-0.1, -0.05) is 5.21 Å². The molecule has 0 saturated carbocycles. The minimum absolute atomic E-state index is 0.0880. The topological polar surface area (TPSA) is 99.0 Å². The van der Waals surface area contributed by atoms with Crippen molar-refractivity contribution >= 4 is 11.8 Å². The molecule has 1 aliphatic heterocycles. The highest BCUT2D eigenvalue weighted by molar-refractivity contribution is 5.95. The van der Waals surface area contributed by atoms with Crippen LogP contribution < -0.4 is 14.2 Å². The number of piperidine rings is 1. The van der Waals surface area contributed by atoms with Crippen LogP contribution in [0.3, 0.4) is 0 Å². The van der Waals surface area contributed by atoms with E-state index in [1.54, 1.807) is 27.9 Å². The maximum Gasteiger partial charge on any atom is 0.276 e. The lowest BCUT2D eigenvalue weighted by Crippen LogP contribution is -2.41. The van der Waals surface area contributed by atoms with Crippen molar-refractivity contribution < 1.29 is 23.8 Å². The van der Waals surface area contributed by atoms with Crippen LogP contribution in [0, 0.1) is 5.92 Å². The Balaban J connectivity index is 1.70. The van der Waals surface area contributed by atoms with Crippen molar-refractivity contribution in [3.8, 4) is 17.2 Å². The van der Waals surface area contributed by atoms with Gasteiger partial charge in [0.1, 0.15) is 0 Å². The molecular formula is C23H33N5O5. The monoisotopic (exact) mass is 459 g/mol. The van der Waals surface area contributed by atoms with Gasteiger partial charge in [-0.05, 0) is 44.7 Å². The van der Waals surface area contributed by atoms with Crippen molar-refractivity contribution in [3.63, 3.8) is 0 Å². The largest absolute Gasteiger partial charge is 0.493 e. The fourth-order valence-electron chi connectivity index (χ4n) is 4.21. The molecule has 0 bridgehead atoms. The number of carbonyl (C=O) groups is 2. The van der Waals surface area contributed by atoms with Gasteiger partial charge in [-0.25, -0.2) is 0 Å². The molecule has 0 spiro atoms.